The maximum absolute atomic E-state index is 12.5. The number of nitrogens with one attached hydrogen (secondary N) is 1. The van der Waals surface area contributed by atoms with E-state index in [1.54, 1.807) is 18.2 Å². The van der Waals surface area contributed by atoms with Gasteiger partial charge in [-0.3, -0.25) is 9.69 Å². The summed E-state index contributed by atoms with van der Waals surface area (Å²) in [6, 6.07) is 13.0. The van der Waals surface area contributed by atoms with Gasteiger partial charge in [0, 0.05) is 18.7 Å². The van der Waals surface area contributed by atoms with Crippen molar-refractivity contribution in [2.24, 2.45) is 0 Å². The lowest BCUT2D eigenvalue weighted by atomic mass is 10.1. The molecule has 0 heterocycles. The molecule has 0 saturated heterocycles. The summed E-state index contributed by atoms with van der Waals surface area (Å²) in [5, 5.41) is 2.91. The van der Waals surface area contributed by atoms with Crippen LogP contribution in [0.25, 0.3) is 0 Å². The molecule has 0 spiro atoms. The van der Waals surface area contributed by atoms with E-state index in [2.05, 4.69) is 40.9 Å². The molecule has 162 valence electrons. The van der Waals surface area contributed by atoms with Crippen LogP contribution in [-0.2, 0) is 22.6 Å². The van der Waals surface area contributed by atoms with Crippen molar-refractivity contribution in [2.45, 2.75) is 26.9 Å². The Kier molecular flexibility index (Phi) is 9.15. The van der Waals surface area contributed by atoms with E-state index in [-0.39, 0.29) is 12.5 Å². The van der Waals surface area contributed by atoms with Crippen molar-refractivity contribution in [2.75, 3.05) is 33.9 Å². The Morgan fingerprint density at radius 3 is 2.20 bits per heavy atom. The van der Waals surface area contributed by atoms with Crippen molar-refractivity contribution in [3.63, 3.8) is 0 Å². The molecule has 0 radical (unpaired) electrons. The van der Waals surface area contributed by atoms with Crippen LogP contribution in [0.15, 0.2) is 42.5 Å². The van der Waals surface area contributed by atoms with Crippen molar-refractivity contribution < 1.29 is 23.8 Å². The number of carbonyl (C=O) groups is 2. The first-order chi connectivity index (χ1) is 14.5. The molecule has 1 amide bonds. The quantitative estimate of drug-likeness (QED) is 0.570. The van der Waals surface area contributed by atoms with Crippen LogP contribution in [-0.4, -0.2) is 50.7 Å². The van der Waals surface area contributed by atoms with Crippen LogP contribution in [0.2, 0.25) is 0 Å². The Hall–Kier alpha value is -3.06. The third-order valence-corrected chi connectivity index (χ3v) is 4.78. The van der Waals surface area contributed by atoms with E-state index < -0.39 is 5.97 Å². The molecule has 0 fully saturated rings. The van der Waals surface area contributed by atoms with Gasteiger partial charge < -0.3 is 19.5 Å². The Morgan fingerprint density at radius 2 is 1.60 bits per heavy atom. The van der Waals surface area contributed by atoms with E-state index >= 15 is 0 Å². The summed E-state index contributed by atoms with van der Waals surface area (Å²) in [7, 11) is 2.76. The zero-order chi connectivity index (χ0) is 21.9. The Labute approximate surface area is 177 Å². The molecule has 0 aliphatic carbocycles. The SMILES string of the molecule is CCN(CC)Cc1ccc(CNC(=O)c2ccc(OCC(=O)OC)c(OC)c2)cc1. The summed E-state index contributed by atoms with van der Waals surface area (Å²) >= 11 is 0. The van der Waals surface area contributed by atoms with Gasteiger partial charge in [0.25, 0.3) is 5.91 Å². The van der Waals surface area contributed by atoms with Gasteiger partial charge in [0.1, 0.15) is 0 Å². The van der Waals surface area contributed by atoms with Gasteiger partial charge in [0.05, 0.1) is 14.2 Å². The van der Waals surface area contributed by atoms with Crippen molar-refractivity contribution >= 4 is 11.9 Å². The van der Waals surface area contributed by atoms with Gasteiger partial charge >= 0.3 is 5.97 Å². The zero-order valence-electron chi connectivity index (χ0n) is 18.1. The second kappa shape index (κ2) is 11.8. The highest BCUT2D eigenvalue weighted by atomic mass is 16.6. The minimum absolute atomic E-state index is 0.222. The minimum Gasteiger partial charge on any atom is -0.493 e. The van der Waals surface area contributed by atoms with E-state index in [4.69, 9.17) is 9.47 Å². The van der Waals surface area contributed by atoms with E-state index in [1.807, 2.05) is 12.1 Å². The molecule has 0 saturated carbocycles. The van der Waals surface area contributed by atoms with Gasteiger partial charge in [0.2, 0.25) is 0 Å². The second-order valence-corrected chi connectivity index (χ2v) is 6.69. The first-order valence-electron chi connectivity index (χ1n) is 9.96. The third-order valence-electron chi connectivity index (χ3n) is 4.78. The van der Waals surface area contributed by atoms with E-state index in [0.29, 0.717) is 23.6 Å². The molecule has 1 N–H and O–H groups in total. The molecule has 2 aromatic carbocycles. The fraction of sp³-hybridized carbons (Fsp3) is 0.391. The van der Waals surface area contributed by atoms with E-state index in [9.17, 15) is 9.59 Å². The summed E-state index contributed by atoms with van der Waals surface area (Å²) in [5.74, 6) is 0.0116. The Balaban J connectivity index is 1.95. The lowest BCUT2D eigenvalue weighted by Crippen LogP contribution is -2.23. The van der Waals surface area contributed by atoms with Gasteiger partial charge in [-0.25, -0.2) is 4.79 Å². The lowest BCUT2D eigenvalue weighted by Gasteiger charge is -2.18. The average molecular weight is 415 g/mol. The molecule has 0 aromatic heterocycles. The van der Waals surface area contributed by atoms with Crippen LogP contribution in [0.5, 0.6) is 11.5 Å². The van der Waals surface area contributed by atoms with Crippen LogP contribution in [0.3, 0.4) is 0 Å². The third kappa shape index (κ3) is 6.77. The fourth-order valence-corrected chi connectivity index (χ4v) is 2.88. The predicted molar refractivity (Wildman–Crippen MR) is 115 cm³/mol. The van der Waals surface area contributed by atoms with Crippen molar-refractivity contribution in [1.29, 1.82) is 0 Å². The Bertz CT molecular complexity index is 832. The number of hydrogen-bond donors (Lipinski definition) is 1. The lowest BCUT2D eigenvalue weighted by molar-refractivity contribution is -0.142. The van der Waals surface area contributed by atoms with Crippen molar-refractivity contribution in [3.8, 4) is 11.5 Å². The molecule has 30 heavy (non-hydrogen) atoms. The van der Waals surface area contributed by atoms with E-state index in [1.165, 1.54) is 19.8 Å². The van der Waals surface area contributed by atoms with Gasteiger partial charge in [-0.05, 0) is 42.4 Å². The summed E-state index contributed by atoms with van der Waals surface area (Å²) in [6.07, 6.45) is 0. The maximum atomic E-state index is 12.5. The molecule has 0 aliphatic rings. The molecular weight excluding hydrogens is 384 g/mol. The number of rotatable bonds is 11. The Morgan fingerprint density at radius 1 is 0.933 bits per heavy atom. The second-order valence-electron chi connectivity index (χ2n) is 6.69. The monoisotopic (exact) mass is 414 g/mol. The standard InChI is InChI=1S/C23H30N2O5/c1-5-25(6-2)15-18-9-7-17(8-10-18)14-24-23(27)19-11-12-20(21(13-19)28-3)30-16-22(26)29-4/h7-13H,5-6,14-16H2,1-4H3,(H,24,27). The summed E-state index contributed by atoms with van der Waals surface area (Å²) in [6.45, 7) is 7.45. The molecule has 2 rings (SSSR count). The molecule has 7 nitrogen and oxygen atoms in total. The topological polar surface area (TPSA) is 77.1 Å². The summed E-state index contributed by atoms with van der Waals surface area (Å²) < 4.78 is 15.2. The maximum Gasteiger partial charge on any atom is 0.343 e. The van der Waals surface area contributed by atoms with Crippen LogP contribution in [0, 0.1) is 0 Å². The highest BCUT2D eigenvalue weighted by Gasteiger charge is 2.12. The van der Waals surface area contributed by atoms with Gasteiger partial charge in [-0.15, -0.1) is 0 Å². The summed E-state index contributed by atoms with van der Waals surface area (Å²) in [4.78, 5) is 26.1. The number of amides is 1. The molecule has 0 aliphatic heterocycles. The number of hydrogen-bond acceptors (Lipinski definition) is 6. The molecule has 0 atom stereocenters. The number of ether oxygens (including phenoxy) is 3. The van der Waals surface area contributed by atoms with Crippen LogP contribution in [0.1, 0.15) is 35.3 Å². The molecule has 0 unspecified atom stereocenters. The highest BCUT2D eigenvalue weighted by molar-refractivity contribution is 5.94. The van der Waals surface area contributed by atoms with Crippen LogP contribution in [0.4, 0.5) is 0 Å². The number of benzene rings is 2. The number of esters is 1. The van der Waals surface area contributed by atoms with Crippen molar-refractivity contribution in [3.05, 3.63) is 59.2 Å². The fourth-order valence-electron chi connectivity index (χ4n) is 2.88. The molecule has 7 heteroatoms. The molecule has 0 bridgehead atoms. The molecular formula is C23H30N2O5. The van der Waals surface area contributed by atoms with Gasteiger partial charge in [-0.1, -0.05) is 38.1 Å². The van der Waals surface area contributed by atoms with E-state index in [0.717, 1.165) is 25.2 Å². The van der Waals surface area contributed by atoms with Crippen LogP contribution >= 0.6 is 0 Å². The molecule has 2 aromatic rings. The van der Waals surface area contributed by atoms with Gasteiger partial charge in [-0.2, -0.15) is 0 Å². The summed E-state index contributed by atoms with van der Waals surface area (Å²) in [5.41, 5.74) is 2.72. The minimum atomic E-state index is -0.498. The van der Waals surface area contributed by atoms with Crippen LogP contribution < -0.4 is 14.8 Å². The highest BCUT2D eigenvalue weighted by Crippen LogP contribution is 2.28. The smallest absolute Gasteiger partial charge is 0.343 e. The average Bonchev–Trinajstić information content (AvgIpc) is 2.79. The number of methoxy groups -OCH3 is 2. The van der Waals surface area contributed by atoms with Gasteiger partial charge in [0.15, 0.2) is 18.1 Å². The first kappa shape index (κ1) is 23.2. The largest absolute Gasteiger partial charge is 0.493 e. The van der Waals surface area contributed by atoms with Crippen molar-refractivity contribution in [1.82, 2.24) is 10.2 Å². The number of nitrogens with zero attached hydrogens (tertiary/aromatic N) is 1. The normalized spacial score (nSPS) is 10.6. The number of carbonyl (C=O) groups excluding carboxylic acids is 2. The predicted octanol–water partition coefficient (Wildman–Crippen LogP) is 3.02. The zero-order valence-corrected chi connectivity index (χ0v) is 18.1. The first-order valence-corrected chi connectivity index (χ1v) is 9.96.